The van der Waals surface area contributed by atoms with Crippen molar-refractivity contribution in [1.82, 2.24) is 4.31 Å². The molecule has 1 atom stereocenters. The standard InChI is InChI=1S/C15H21NO4S/c1-20-15(17)8-5-11-21(18,19)16-10-9-14(12-16)13-6-3-2-4-7-13/h2-4,6-7,14H,5,8-12H2,1H3. The van der Waals surface area contributed by atoms with E-state index in [2.05, 4.69) is 4.74 Å². The minimum atomic E-state index is -3.28. The minimum Gasteiger partial charge on any atom is -0.469 e. The Bertz CT molecular complexity index is 571. The molecule has 0 aromatic heterocycles. The number of carbonyl (C=O) groups excluding carboxylic acids is 1. The molecule has 1 unspecified atom stereocenters. The van der Waals surface area contributed by atoms with Crippen molar-refractivity contribution in [2.24, 2.45) is 0 Å². The average Bonchev–Trinajstić information content (AvgIpc) is 2.98. The van der Waals surface area contributed by atoms with E-state index in [-0.39, 0.29) is 24.1 Å². The van der Waals surface area contributed by atoms with Crippen LogP contribution in [0.4, 0.5) is 0 Å². The van der Waals surface area contributed by atoms with Crippen LogP contribution in [0.1, 0.15) is 30.7 Å². The smallest absolute Gasteiger partial charge is 0.305 e. The maximum atomic E-state index is 12.3. The first-order valence-electron chi connectivity index (χ1n) is 7.12. The topological polar surface area (TPSA) is 63.7 Å². The number of benzene rings is 1. The Morgan fingerprint density at radius 1 is 1.33 bits per heavy atom. The summed E-state index contributed by atoms with van der Waals surface area (Å²) < 4.78 is 30.6. The highest BCUT2D eigenvalue weighted by Gasteiger charge is 2.31. The molecule has 1 aliphatic heterocycles. The van der Waals surface area contributed by atoms with Crippen LogP contribution in [0.3, 0.4) is 0 Å². The van der Waals surface area contributed by atoms with Crippen LogP contribution in [0.25, 0.3) is 0 Å². The number of nitrogens with zero attached hydrogens (tertiary/aromatic N) is 1. The van der Waals surface area contributed by atoms with Crippen molar-refractivity contribution < 1.29 is 17.9 Å². The van der Waals surface area contributed by atoms with Crippen LogP contribution in [0, 0.1) is 0 Å². The number of rotatable bonds is 6. The van der Waals surface area contributed by atoms with Crippen LogP contribution < -0.4 is 0 Å². The van der Waals surface area contributed by atoms with E-state index in [1.54, 1.807) is 4.31 Å². The Kier molecular flexibility index (Phi) is 5.36. The zero-order valence-corrected chi connectivity index (χ0v) is 13.0. The van der Waals surface area contributed by atoms with E-state index in [4.69, 9.17) is 0 Å². The molecule has 1 aromatic carbocycles. The van der Waals surface area contributed by atoms with Gasteiger partial charge in [0.25, 0.3) is 0 Å². The average molecular weight is 311 g/mol. The Hall–Kier alpha value is -1.40. The number of methoxy groups -OCH3 is 1. The third-order valence-electron chi connectivity index (χ3n) is 3.83. The Labute approximate surface area is 126 Å². The number of sulfonamides is 1. The molecule has 5 nitrogen and oxygen atoms in total. The first kappa shape index (κ1) is 16.0. The van der Waals surface area contributed by atoms with Crippen LogP contribution >= 0.6 is 0 Å². The normalized spacial score (nSPS) is 19.6. The van der Waals surface area contributed by atoms with Crippen molar-refractivity contribution in [1.29, 1.82) is 0 Å². The van der Waals surface area contributed by atoms with Crippen molar-refractivity contribution in [3.8, 4) is 0 Å². The fraction of sp³-hybridized carbons (Fsp3) is 0.533. The van der Waals surface area contributed by atoms with Crippen LogP contribution in [-0.2, 0) is 19.6 Å². The van der Waals surface area contributed by atoms with Gasteiger partial charge in [0.05, 0.1) is 12.9 Å². The van der Waals surface area contributed by atoms with Gasteiger partial charge in [0.2, 0.25) is 10.0 Å². The van der Waals surface area contributed by atoms with Crippen molar-refractivity contribution >= 4 is 16.0 Å². The molecule has 0 radical (unpaired) electrons. The zero-order valence-electron chi connectivity index (χ0n) is 12.2. The molecule has 116 valence electrons. The molecule has 1 aromatic rings. The molecular weight excluding hydrogens is 290 g/mol. The Morgan fingerprint density at radius 3 is 2.71 bits per heavy atom. The lowest BCUT2D eigenvalue weighted by Gasteiger charge is -2.16. The monoisotopic (exact) mass is 311 g/mol. The highest BCUT2D eigenvalue weighted by atomic mass is 32.2. The van der Waals surface area contributed by atoms with Gasteiger partial charge in [-0.05, 0) is 24.3 Å². The first-order chi connectivity index (χ1) is 10.0. The molecular formula is C15H21NO4S. The van der Waals surface area contributed by atoms with Gasteiger partial charge in [-0.1, -0.05) is 30.3 Å². The highest BCUT2D eigenvalue weighted by Crippen LogP contribution is 2.28. The fourth-order valence-corrected chi connectivity index (χ4v) is 4.17. The molecule has 0 aliphatic carbocycles. The summed E-state index contributed by atoms with van der Waals surface area (Å²) in [6.07, 6.45) is 1.30. The molecule has 1 heterocycles. The summed E-state index contributed by atoms with van der Waals surface area (Å²) >= 11 is 0. The molecule has 21 heavy (non-hydrogen) atoms. The Morgan fingerprint density at radius 2 is 2.05 bits per heavy atom. The maximum Gasteiger partial charge on any atom is 0.305 e. The van der Waals surface area contributed by atoms with Crippen molar-refractivity contribution in [2.45, 2.75) is 25.2 Å². The molecule has 1 saturated heterocycles. The van der Waals surface area contributed by atoms with Gasteiger partial charge in [0.15, 0.2) is 0 Å². The van der Waals surface area contributed by atoms with Gasteiger partial charge in [-0.15, -0.1) is 0 Å². The summed E-state index contributed by atoms with van der Waals surface area (Å²) in [6.45, 7) is 1.09. The second-order valence-corrected chi connectivity index (χ2v) is 7.34. The molecule has 0 saturated carbocycles. The summed E-state index contributed by atoms with van der Waals surface area (Å²) in [5.41, 5.74) is 1.18. The molecule has 2 rings (SSSR count). The predicted molar refractivity (Wildman–Crippen MR) is 80.4 cm³/mol. The van der Waals surface area contributed by atoms with E-state index in [1.807, 2.05) is 30.3 Å². The number of esters is 1. The number of carbonyl (C=O) groups is 1. The van der Waals surface area contributed by atoms with Crippen LogP contribution in [0.5, 0.6) is 0 Å². The molecule has 0 N–H and O–H groups in total. The molecule has 0 amide bonds. The second-order valence-electron chi connectivity index (χ2n) is 5.25. The van der Waals surface area contributed by atoms with Crippen molar-refractivity contribution in [3.63, 3.8) is 0 Å². The summed E-state index contributed by atoms with van der Waals surface area (Å²) in [5.74, 6) is -0.0979. The lowest BCUT2D eigenvalue weighted by molar-refractivity contribution is -0.140. The summed E-state index contributed by atoms with van der Waals surface area (Å²) in [4.78, 5) is 11.0. The molecule has 0 spiro atoms. The maximum absolute atomic E-state index is 12.3. The quantitative estimate of drug-likeness (QED) is 0.751. The van der Waals surface area contributed by atoms with Crippen molar-refractivity contribution in [2.75, 3.05) is 26.0 Å². The van der Waals surface area contributed by atoms with Crippen LogP contribution in [0.2, 0.25) is 0 Å². The number of hydrogen-bond acceptors (Lipinski definition) is 4. The first-order valence-corrected chi connectivity index (χ1v) is 8.73. The lowest BCUT2D eigenvalue weighted by atomic mass is 9.99. The molecule has 1 aliphatic rings. The van der Waals surface area contributed by atoms with E-state index in [0.717, 1.165) is 6.42 Å². The number of ether oxygens (including phenoxy) is 1. The van der Waals surface area contributed by atoms with Gasteiger partial charge < -0.3 is 4.74 Å². The SMILES string of the molecule is COC(=O)CCCS(=O)(=O)N1CCC(c2ccccc2)C1. The van der Waals surface area contributed by atoms with E-state index >= 15 is 0 Å². The second kappa shape index (κ2) is 7.04. The van der Waals surface area contributed by atoms with E-state index in [0.29, 0.717) is 19.5 Å². The zero-order chi connectivity index (χ0) is 15.3. The van der Waals surface area contributed by atoms with Gasteiger partial charge in [-0.25, -0.2) is 12.7 Å². The van der Waals surface area contributed by atoms with E-state index in [9.17, 15) is 13.2 Å². The third kappa shape index (κ3) is 4.28. The largest absolute Gasteiger partial charge is 0.469 e. The van der Waals surface area contributed by atoms with Gasteiger partial charge >= 0.3 is 5.97 Å². The van der Waals surface area contributed by atoms with Crippen LogP contribution in [-0.4, -0.2) is 44.6 Å². The van der Waals surface area contributed by atoms with Crippen molar-refractivity contribution in [3.05, 3.63) is 35.9 Å². The van der Waals surface area contributed by atoms with Gasteiger partial charge in [0.1, 0.15) is 0 Å². The molecule has 6 heteroatoms. The fourth-order valence-electron chi connectivity index (χ4n) is 2.61. The van der Waals surface area contributed by atoms with Crippen LogP contribution in [0.15, 0.2) is 30.3 Å². The lowest BCUT2D eigenvalue weighted by Crippen LogP contribution is -2.31. The third-order valence-corrected chi connectivity index (χ3v) is 5.75. The summed E-state index contributed by atoms with van der Waals surface area (Å²) in [6, 6.07) is 9.99. The Balaban J connectivity index is 1.89. The van der Waals surface area contributed by atoms with Gasteiger partial charge in [-0.3, -0.25) is 4.79 Å². The number of hydrogen-bond donors (Lipinski definition) is 0. The minimum absolute atomic E-state index is 0.00358. The molecule has 1 fully saturated rings. The van der Waals surface area contributed by atoms with Gasteiger partial charge in [0, 0.05) is 19.5 Å². The molecule has 0 bridgehead atoms. The van der Waals surface area contributed by atoms with E-state index in [1.165, 1.54) is 12.7 Å². The van der Waals surface area contributed by atoms with Gasteiger partial charge in [-0.2, -0.15) is 0 Å². The van der Waals surface area contributed by atoms with E-state index < -0.39 is 10.0 Å². The predicted octanol–water partition coefficient (Wildman–Crippen LogP) is 1.76. The summed E-state index contributed by atoms with van der Waals surface area (Å²) in [7, 11) is -1.97. The summed E-state index contributed by atoms with van der Waals surface area (Å²) in [5, 5.41) is 0. The highest BCUT2D eigenvalue weighted by molar-refractivity contribution is 7.89.